The van der Waals surface area contributed by atoms with Crippen LogP contribution < -0.4 is 10.9 Å². The van der Waals surface area contributed by atoms with Gasteiger partial charge in [-0.1, -0.05) is 24.3 Å². The number of nitrogens with zero attached hydrogens (tertiary/aromatic N) is 2. The summed E-state index contributed by atoms with van der Waals surface area (Å²) in [6.07, 6.45) is 1.00. The summed E-state index contributed by atoms with van der Waals surface area (Å²) in [6, 6.07) is 13.0. The Hall–Kier alpha value is -3.30. The maximum atomic E-state index is 12.8. The number of hydrogen-bond acceptors (Lipinski definition) is 6. The van der Waals surface area contributed by atoms with Crippen LogP contribution in [-0.2, 0) is 29.0 Å². The summed E-state index contributed by atoms with van der Waals surface area (Å²) < 4.78 is 6.04. The van der Waals surface area contributed by atoms with Crippen LogP contribution >= 0.6 is 12.2 Å². The molecule has 1 aromatic heterocycles. The highest BCUT2D eigenvalue weighted by atomic mass is 32.1. The maximum absolute atomic E-state index is 12.8. The van der Waals surface area contributed by atoms with Crippen LogP contribution in [0.5, 0.6) is 0 Å². The summed E-state index contributed by atoms with van der Waals surface area (Å²) in [5.41, 5.74) is 3.06. The molecule has 166 valence electrons. The third kappa shape index (κ3) is 4.63. The molecular formula is C23H24N4O4S. The summed E-state index contributed by atoms with van der Waals surface area (Å²) in [7, 11) is 1.29. The van der Waals surface area contributed by atoms with E-state index < -0.39 is 5.97 Å². The summed E-state index contributed by atoms with van der Waals surface area (Å²) in [6.45, 7) is 2.87. The van der Waals surface area contributed by atoms with Crippen molar-refractivity contribution in [2.45, 2.75) is 19.5 Å². The van der Waals surface area contributed by atoms with Gasteiger partial charge in [-0.15, -0.1) is 0 Å². The first-order valence-corrected chi connectivity index (χ1v) is 10.8. The number of hydrogen-bond donors (Lipinski definition) is 2. The minimum absolute atomic E-state index is 0.118. The van der Waals surface area contributed by atoms with Crippen molar-refractivity contribution in [2.24, 2.45) is 0 Å². The van der Waals surface area contributed by atoms with Crippen LogP contribution in [0, 0.1) is 4.77 Å². The molecule has 1 aliphatic rings. The van der Waals surface area contributed by atoms with E-state index in [4.69, 9.17) is 17.0 Å². The average molecular weight is 453 g/mol. The smallest absolute Gasteiger partial charge is 0.337 e. The molecule has 32 heavy (non-hydrogen) atoms. The molecule has 0 radical (unpaired) electrons. The Balaban J connectivity index is 1.39. The van der Waals surface area contributed by atoms with Crippen molar-refractivity contribution in [3.05, 3.63) is 74.3 Å². The first-order valence-electron chi connectivity index (χ1n) is 10.4. The molecule has 2 N–H and O–H groups in total. The Morgan fingerprint density at radius 2 is 1.97 bits per heavy atom. The second kappa shape index (κ2) is 9.46. The van der Waals surface area contributed by atoms with Gasteiger partial charge in [0.05, 0.1) is 23.6 Å². The number of rotatable bonds is 6. The zero-order valence-corrected chi connectivity index (χ0v) is 18.5. The zero-order chi connectivity index (χ0) is 22.7. The molecule has 8 nitrogen and oxygen atoms in total. The lowest BCUT2D eigenvalue weighted by Crippen LogP contribution is -2.39. The molecule has 0 atom stereocenters. The largest absolute Gasteiger partial charge is 0.465 e. The van der Waals surface area contributed by atoms with Gasteiger partial charge >= 0.3 is 5.97 Å². The van der Waals surface area contributed by atoms with Crippen LogP contribution in [0.25, 0.3) is 10.9 Å². The average Bonchev–Trinajstić information content (AvgIpc) is 2.80. The molecule has 0 fully saturated rings. The second-order valence-electron chi connectivity index (χ2n) is 7.72. The molecule has 1 amide bonds. The Morgan fingerprint density at radius 3 is 2.75 bits per heavy atom. The van der Waals surface area contributed by atoms with E-state index >= 15 is 0 Å². The van der Waals surface area contributed by atoms with Crippen molar-refractivity contribution in [2.75, 3.05) is 26.7 Å². The van der Waals surface area contributed by atoms with Gasteiger partial charge in [-0.2, -0.15) is 0 Å². The lowest BCUT2D eigenvalue weighted by Gasteiger charge is -2.28. The highest BCUT2D eigenvalue weighted by molar-refractivity contribution is 7.71. The van der Waals surface area contributed by atoms with Gasteiger partial charge in [0.1, 0.15) is 6.54 Å². The molecule has 0 saturated carbocycles. The highest BCUT2D eigenvalue weighted by Crippen LogP contribution is 2.17. The number of esters is 1. The number of carbonyl (C=O) groups is 2. The van der Waals surface area contributed by atoms with Crippen molar-refractivity contribution in [3.63, 3.8) is 0 Å². The first kappa shape index (κ1) is 21.9. The third-order valence-corrected chi connectivity index (χ3v) is 5.99. The standard InChI is InChI=1S/C23H24N4O4S/c1-31-22(30)16-6-7-18-19(12-16)25-23(32)27(21(18)29)14-20(28)24-9-11-26-10-8-15-4-2-3-5-17(15)13-26/h2-7,12H,8-11,13-14H2,1H3,(H,24,28)(H,25,32). The SMILES string of the molecule is COC(=O)c1ccc2c(=O)n(CC(=O)NCCN3CCc4ccccc4C3)c(=S)[nH]c2c1. The van der Waals surface area contributed by atoms with Gasteiger partial charge < -0.3 is 15.0 Å². The van der Waals surface area contributed by atoms with Crippen molar-refractivity contribution >= 4 is 35.0 Å². The zero-order valence-electron chi connectivity index (χ0n) is 17.7. The number of benzene rings is 2. The van der Waals surface area contributed by atoms with Gasteiger partial charge in [-0.05, 0) is 48.0 Å². The van der Waals surface area contributed by atoms with Gasteiger partial charge in [-0.3, -0.25) is 19.1 Å². The number of aromatic amines is 1. The number of aromatic nitrogens is 2. The fourth-order valence-corrected chi connectivity index (χ4v) is 4.20. The van der Waals surface area contributed by atoms with Gasteiger partial charge in [0.25, 0.3) is 5.56 Å². The second-order valence-corrected chi connectivity index (χ2v) is 8.10. The number of ether oxygens (including phenoxy) is 1. The van der Waals surface area contributed by atoms with E-state index in [1.807, 2.05) is 6.07 Å². The first-order chi connectivity index (χ1) is 15.5. The number of H-pyrrole nitrogens is 1. The minimum atomic E-state index is -0.507. The maximum Gasteiger partial charge on any atom is 0.337 e. The monoisotopic (exact) mass is 452 g/mol. The molecule has 4 rings (SSSR count). The fraction of sp³-hybridized carbons (Fsp3) is 0.304. The molecule has 0 saturated heterocycles. The molecule has 0 aliphatic carbocycles. The van der Waals surface area contributed by atoms with E-state index in [1.165, 1.54) is 41.0 Å². The molecule has 0 spiro atoms. The van der Waals surface area contributed by atoms with E-state index in [0.29, 0.717) is 23.0 Å². The lowest BCUT2D eigenvalue weighted by atomic mass is 10.00. The number of carbonyl (C=O) groups excluding carboxylic acids is 2. The van der Waals surface area contributed by atoms with E-state index in [1.54, 1.807) is 0 Å². The number of nitrogens with one attached hydrogen (secondary N) is 2. The topological polar surface area (TPSA) is 96.4 Å². The summed E-state index contributed by atoms with van der Waals surface area (Å²) in [4.78, 5) is 42.2. The van der Waals surface area contributed by atoms with Crippen molar-refractivity contribution in [1.29, 1.82) is 0 Å². The Morgan fingerprint density at radius 1 is 1.19 bits per heavy atom. The van der Waals surface area contributed by atoms with E-state index in [2.05, 4.69) is 33.4 Å². The molecule has 1 aliphatic heterocycles. The van der Waals surface area contributed by atoms with Crippen molar-refractivity contribution in [3.8, 4) is 0 Å². The molecule has 2 heterocycles. The van der Waals surface area contributed by atoms with Gasteiger partial charge in [-0.25, -0.2) is 4.79 Å². The predicted octanol–water partition coefficient (Wildman–Crippen LogP) is 2.02. The van der Waals surface area contributed by atoms with Gasteiger partial charge in [0.15, 0.2) is 4.77 Å². The number of methoxy groups -OCH3 is 1. The molecule has 9 heteroatoms. The van der Waals surface area contributed by atoms with Crippen molar-refractivity contribution < 1.29 is 14.3 Å². The molecule has 2 aromatic carbocycles. The summed E-state index contributed by atoms with van der Waals surface area (Å²) >= 11 is 5.28. The molecule has 0 unspecified atom stereocenters. The number of fused-ring (bicyclic) bond motifs is 2. The molecular weight excluding hydrogens is 428 g/mol. The van der Waals surface area contributed by atoms with E-state index in [9.17, 15) is 14.4 Å². The normalized spacial score (nSPS) is 13.5. The van der Waals surface area contributed by atoms with Crippen LogP contribution in [0.3, 0.4) is 0 Å². The third-order valence-electron chi connectivity index (χ3n) is 5.66. The van der Waals surface area contributed by atoms with Gasteiger partial charge in [0, 0.05) is 26.2 Å². The minimum Gasteiger partial charge on any atom is -0.465 e. The van der Waals surface area contributed by atoms with E-state index in [-0.39, 0.29) is 22.8 Å². The quantitative estimate of drug-likeness (QED) is 0.439. The molecule has 3 aromatic rings. The summed E-state index contributed by atoms with van der Waals surface area (Å²) in [5.74, 6) is -0.790. The van der Waals surface area contributed by atoms with Crippen LogP contribution in [-0.4, -0.2) is 53.1 Å². The lowest BCUT2D eigenvalue weighted by molar-refractivity contribution is -0.121. The van der Waals surface area contributed by atoms with Gasteiger partial charge in [0.2, 0.25) is 5.91 Å². The van der Waals surface area contributed by atoms with Crippen molar-refractivity contribution in [1.82, 2.24) is 19.8 Å². The van der Waals surface area contributed by atoms with E-state index in [0.717, 1.165) is 26.1 Å². The van der Waals surface area contributed by atoms with Crippen LogP contribution in [0.4, 0.5) is 0 Å². The Kier molecular flexibility index (Phi) is 6.48. The van der Waals surface area contributed by atoms with Crippen LogP contribution in [0.15, 0.2) is 47.3 Å². The van der Waals surface area contributed by atoms with Crippen LogP contribution in [0.2, 0.25) is 0 Å². The highest BCUT2D eigenvalue weighted by Gasteiger charge is 2.16. The van der Waals surface area contributed by atoms with Crippen LogP contribution in [0.1, 0.15) is 21.5 Å². The Labute approximate surface area is 189 Å². The fourth-order valence-electron chi connectivity index (χ4n) is 3.94. The summed E-state index contributed by atoms with van der Waals surface area (Å²) in [5, 5.41) is 3.21. The predicted molar refractivity (Wildman–Crippen MR) is 123 cm³/mol. The molecule has 0 bridgehead atoms. The Bertz CT molecular complexity index is 1300. The number of amides is 1.